The molecule has 1 heterocycles. The molecule has 3 heteroatoms. The fraction of sp³-hybridized carbons (Fsp3) is 0.581. The van der Waals surface area contributed by atoms with E-state index in [1.165, 1.54) is 122 Å². The molecule has 0 amide bonds. The summed E-state index contributed by atoms with van der Waals surface area (Å²) in [4.78, 5) is 0. The monoisotopic (exact) mass is 670 g/mol. The van der Waals surface area contributed by atoms with Gasteiger partial charge >= 0.3 is 16.5 Å². The maximum atomic E-state index is 12.2. The fourth-order valence-electron chi connectivity index (χ4n) is 7.00. The molecule has 260 valence electrons. The molecule has 0 aliphatic carbocycles. The zero-order valence-corrected chi connectivity index (χ0v) is 32.5. The molecule has 0 spiro atoms. The van der Waals surface area contributed by atoms with E-state index in [2.05, 4.69) is 79.7 Å². The van der Waals surface area contributed by atoms with E-state index in [4.69, 9.17) is 0 Å². The van der Waals surface area contributed by atoms with Gasteiger partial charge in [0.05, 0.1) is 0 Å². The Labute approximate surface area is 296 Å². The summed E-state index contributed by atoms with van der Waals surface area (Å²) in [5, 5.41) is 0. The Hall–Kier alpha value is -1.99. The maximum Gasteiger partial charge on any atom is 2.00 e. The van der Waals surface area contributed by atoms with E-state index in [-0.39, 0.29) is 31.3 Å². The molecule has 0 saturated heterocycles. The molecule has 0 radical (unpaired) electrons. The van der Waals surface area contributed by atoms with Crippen molar-refractivity contribution in [1.82, 2.24) is 0 Å². The molecule has 1 aliphatic rings. The van der Waals surface area contributed by atoms with Crippen molar-refractivity contribution in [3.05, 3.63) is 100 Å². The smallest absolute Gasteiger partial charge is 0.493 e. The van der Waals surface area contributed by atoms with Gasteiger partial charge < -0.3 is 20.4 Å². The van der Waals surface area contributed by atoms with E-state index < -0.39 is 0 Å². The molecule has 0 aromatic heterocycles. The molecule has 3 rings (SSSR count). The van der Waals surface area contributed by atoms with E-state index in [0.29, 0.717) is 0 Å². The van der Waals surface area contributed by atoms with Crippen LogP contribution >= 0.6 is 0 Å². The molecule has 0 N–H and O–H groups in total. The van der Waals surface area contributed by atoms with Crippen molar-refractivity contribution in [2.24, 2.45) is 0 Å². The van der Waals surface area contributed by atoms with Crippen LogP contribution in [0.3, 0.4) is 0 Å². The molecule has 2 nitrogen and oxygen atoms in total. The third kappa shape index (κ3) is 11.0. The quantitative estimate of drug-likeness (QED) is 0.0615. The number of aryl methyl sites for hydroxylation is 4. The average molecular weight is 672 g/mol. The summed E-state index contributed by atoms with van der Waals surface area (Å²) in [6, 6.07) is 9.54. The molecule has 1 aliphatic heterocycles. The molecule has 2 aromatic rings. The average Bonchev–Trinajstić information content (AvgIpc) is 3.27. The SMILES string of the molecule is CCCCCC1=C(c2cc(C)c(C)c(C)c2)[N+](=[N-])C(c2cc(CCCCC)c(CCCCC)c(CCCCC)c2)=C1CC.[CH3-].[CH3-].[Ni+2]. The first-order valence-electron chi connectivity index (χ1n) is 18.0. The van der Waals surface area contributed by atoms with E-state index in [9.17, 15) is 5.53 Å². The minimum Gasteiger partial charge on any atom is -0.493 e. The summed E-state index contributed by atoms with van der Waals surface area (Å²) in [5.74, 6) is 0. The zero-order chi connectivity index (χ0) is 31.4. The van der Waals surface area contributed by atoms with Crippen molar-refractivity contribution in [1.29, 1.82) is 0 Å². The number of hydrogen-bond donors (Lipinski definition) is 0. The number of allylic oxidation sites excluding steroid dienone is 2. The Morgan fingerprint density at radius 2 is 0.913 bits per heavy atom. The van der Waals surface area contributed by atoms with Crippen LogP contribution in [-0.2, 0) is 35.8 Å². The van der Waals surface area contributed by atoms with E-state index in [1.54, 1.807) is 10.3 Å². The van der Waals surface area contributed by atoms with Gasteiger partial charge in [-0.25, -0.2) is 4.70 Å². The minimum absolute atomic E-state index is 0. The van der Waals surface area contributed by atoms with Crippen LogP contribution < -0.4 is 0 Å². The number of hydrogen-bond acceptors (Lipinski definition) is 0. The normalized spacial score (nSPS) is 12.7. The van der Waals surface area contributed by atoms with Crippen molar-refractivity contribution >= 4 is 11.4 Å². The second-order valence-corrected chi connectivity index (χ2v) is 13.2. The molecule has 2 aromatic carbocycles. The van der Waals surface area contributed by atoms with Gasteiger partial charge in [-0.3, -0.25) is 0 Å². The number of unbranched alkanes of at least 4 members (excludes halogenated alkanes) is 8. The Kier molecular flexibility index (Phi) is 21.6. The van der Waals surface area contributed by atoms with Gasteiger partial charge in [0.2, 0.25) is 11.4 Å². The van der Waals surface area contributed by atoms with Crippen molar-refractivity contribution < 1.29 is 21.2 Å². The maximum absolute atomic E-state index is 12.2. The second kappa shape index (κ2) is 22.6. The van der Waals surface area contributed by atoms with Gasteiger partial charge in [0, 0.05) is 22.3 Å². The summed E-state index contributed by atoms with van der Waals surface area (Å²) in [6.45, 7) is 18.1. The second-order valence-electron chi connectivity index (χ2n) is 13.2. The summed E-state index contributed by atoms with van der Waals surface area (Å²) in [5.41, 5.74) is 27.9. The standard InChI is InChI=1S/C41H62N2.2CH3.Ni/c1-9-14-18-22-33-28-36(29-34(23-19-15-10-2)38(33)24-20-16-11-3)40-37(13-5)39(25-21-17-12-4)41(43(40)42)35-26-30(6)32(8)31(7)27-35;;;/h26-29H,9-25H2,1-8H3;2*1H3;/q;2*-1;+2. The molecule has 0 saturated carbocycles. The van der Waals surface area contributed by atoms with Crippen molar-refractivity contribution in [2.75, 3.05) is 0 Å². The van der Waals surface area contributed by atoms with Crippen LogP contribution in [-0.4, -0.2) is 4.70 Å². The van der Waals surface area contributed by atoms with Gasteiger partial charge in [-0.2, -0.15) is 0 Å². The molecular formula is C43H68N2Ni. The van der Waals surface area contributed by atoms with Gasteiger partial charge in [-0.15, -0.1) is 0 Å². The van der Waals surface area contributed by atoms with Crippen LogP contribution in [0.5, 0.6) is 0 Å². The summed E-state index contributed by atoms with van der Waals surface area (Å²) in [7, 11) is 0. The van der Waals surface area contributed by atoms with Crippen LogP contribution in [0.2, 0.25) is 0 Å². The van der Waals surface area contributed by atoms with E-state index >= 15 is 0 Å². The van der Waals surface area contributed by atoms with Gasteiger partial charge in [-0.1, -0.05) is 86.0 Å². The van der Waals surface area contributed by atoms with Crippen LogP contribution in [0.4, 0.5) is 0 Å². The largest absolute Gasteiger partial charge is 2.00 e. The van der Waals surface area contributed by atoms with Crippen LogP contribution in [0.15, 0.2) is 35.4 Å². The first-order valence-corrected chi connectivity index (χ1v) is 18.0. The third-order valence-electron chi connectivity index (χ3n) is 9.78. The molecule has 0 bridgehead atoms. The summed E-state index contributed by atoms with van der Waals surface area (Å²) >= 11 is 0. The van der Waals surface area contributed by atoms with Crippen molar-refractivity contribution in [2.45, 2.75) is 165 Å². The topological polar surface area (TPSA) is 25.3 Å². The number of rotatable bonds is 19. The first kappa shape index (κ1) is 44.0. The van der Waals surface area contributed by atoms with Gasteiger partial charge in [0.15, 0.2) is 0 Å². The molecule has 0 unspecified atom stereocenters. The van der Waals surface area contributed by atoms with Gasteiger partial charge in [-0.05, 0) is 136 Å². The Bertz CT molecular complexity index is 1240. The Morgan fingerprint density at radius 1 is 0.522 bits per heavy atom. The fourth-order valence-corrected chi connectivity index (χ4v) is 7.00. The predicted molar refractivity (Wildman–Crippen MR) is 202 cm³/mol. The Morgan fingerprint density at radius 3 is 1.35 bits per heavy atom. The molecule has 46 heavy (non-hydrogen) atoms. The molecular weight excluding hydrogens is 603 g/mol. The van der Waals surface area contributed by atoms with Crippen molar-refractivity contribution in [3.63, 3.8) is 0 Å². The first-order chi connectivity index (χ1) is 20.8. The number of benzene rings is 2. The van der Waals surface area contributed by atoms with Crippen LogP contribution in [0, 0.1) is 35.6 Å². The predicted octanol–water partition coefficient (Wildman–Crippen LogP) is 13.9. The minimum atomic E-state index is 0. The molecule has 0 fully saturated rings. The van der Waals surface area contributed by atoms with Crippen molar-refractivity contribution in [3.8, 4) is 0 Å². The van der Waals surface area contributed by atoms with E-state index in [1.807, 2.05) is 0 Å². The summed E-state index contributed by atoms with van der Waals surface area (Å²) < 4.78 is 1.60. The van der Waals surface area contributed by atoms with Gasteiger partial charge in [0.1, 0.15) is 0 Å². The molecule has 0 atom stereocenters. The third-order valence-corrected chi connectivity index (χ3v) is 9.78. The van der Waals surface area contributed by atoms with Gasteiger partial charge in [0.25, 0.3) is 0 Å². The number of nitrogens with zero attached hydrogens (tertiary/aromatic N) is 2. The summed E-state index contributed by atoms with van der Waals surface area (Å²) in [6.07, 6.45) is 20.3. The van der Waals surface area contributed by atoms with E-state index in [0.717, 1.165) is 49.1 Å². The van der Waals surface area contributed by atoms with Crippen LogP contribution in [0.1, 0.15) is 169 Å². The van der Waals surface area contributed by atoms with Crippen LogP contribution in [0.25, 0.3) is 16.9 Å². The zero-order valence-electron chi connectivity index (χ0n) is 31.5. The Balaban J connectivity index is 0.00000675.